The second kappa shape index (κ2) is 6.89. The molecule has 1 amide bonds. The van der Waals surface area contributed by atoms with Crippen LogP contribution in [0.3, 0.4) is 0 Å². The zero-order chi connectivity index (χ0) is 20.2. The molecule has 0 bridgehead atoms. The Kier molecular flexibility index (Phi) is 4.44. The van der Waals surface area contributed by atoms with E-state index in [0.29, 0.717) is 43.8 Å². The molecule has 2 N–H and O–H groups in total. The minimum Gasteiger partial charge on any atom is -0.349 e. The first-order chi connectivity index (χ1) is 13.9. The molecule has 2 aliphatic carbocycles. The summed E-state index contributed by atoms with van der Waals surface area (Å²) in [4.78, 5) is 21.8. The number of pyridine rings is 1. The van der Waals surface area contributed by atoms with E-state index in [2.05, 4.69) is 20.6 Å². The Hall–Kier alpha value is -2.31. The van der Waals surface area contributed by atoms with Crippen molar-refractivity contribution >= 4 is 51.9 Å². The summed E-state index contributed by atoms with van der Waals surface area (Å²) in [5.41, 5.74) is 2.94. The summed E-state index contributed by atoms with van der Waals surface area (Å²) in [5, 5.41) is 7.34. The molecule has 6 nitrogen and oxygen atoms in total. The number of amides is 1. The van der Waals surface area contributed by atoms with Crippen LogP contribution in [0.5, 0.6) is 0 Å². The van der Waals surface area contributed by atoms with Crippen molar-refractivity contribution in [1.82, 2.24) is 19.9 Å². The van der Waals surface area contributed by atoms with E-state index in [1.165, 1.54) is 19.3 Å². The van der Waals surface area contributed by atoms with E-state index in [1.54, 1.807) is 30.5 Å². The number of nitrogens with one attached hydrogen (secondary N) is 2. The second-order valence-electron chi connectivity index (χ2n) is 8.20. The third-order valence-corrected chi connectivity index (χ3v) is 6.80. The number of aromatic nitrogens is 3. The molecule has 1 aromatic carbocycles. The predicted molar refractivity (Wildman–Crippen MR) is 115 cm³/mol. The molecule has 2 saturated carbocycles. The van der Waals surface area contributed by atoms with Crippen LogP contribution in [-0.2, 0) is 7.05 Å². The summed E-state index contributed by atoms with van der Waals surface area (Å²) < 4.78 is 1.81. The topological polar surface area (TPSA) is 71.8 Å². The Bertz CT molecular complexity index is 1100. The van der Waals surface area contributed by atoms with Crippen molar-refractivity contribution in [2.45, 2.75) is 38.1 Å². The number of rotatable bonds is 4. The molecule has 2 aromatic heterocycles. The maximum atomic E-state index is 12.7. The molecular weight excluding hydrogens is 409 g/mol. The van der Waals surface area contributed by atoms with Crippen LogP contribution in [0.1, 0.15) is 42.5 Å². The van der Waals surface area contributed by atoms with E-state index in [4.69, 9.17) is 23.2 Å². The van der Waals surface area contributed by atoms with Crippen molar-refractivity contribution in [1.29, 1.82) is 0 Å². The zero-order valence-corrected chi connectivity index (χ0v) is 17.5. The Morgan fingerprint density at radius 1 is 1.24 bits per heavy atom. The summed E-state index contributed by atoms with van der Waals surface area (Å²) in [6, 6.07) is 7.34. The highest BCUT2D eigenvalue weighted by molar-refractivity contribution is 6.39. The average Bonchev–Trinajstić information content (AvgIpc) is 3.23. The first-order valence-corrected chi connectivity index (χ1v) is 10.5. The van der Waals surface area contributed by atoms with Gasteiger partial charge in [0.2, 0.25) is 5.95 Å². The van der Waals surface area contributed by atoms with Crippen LogP contribution in [0.4, 0.5) is 11.6 Å². The largest absolute Gasteiger partial charge is 0.349 e. The molecule has 0 radical (unpaired) electrons. The molecule has 5 rings (SSSR count). The van der Waals surface area contributed by atoms with E-state index in [-0.39, 0.29) is 11.9 Å². The molecule has 2 heterocycles. The molecule has 2 fully saturated rings. The maximum Gasteiger partial charge on any atom is 0.253 e. The predicted octanol–water partition coefficient (Wildman–Crippen LogP) is 5.08. The van der Waals surface area contributed by atoms with Gasteiger partial charge in [-0.15, -0.1) is 0 Å². The van der Waals surface area contributed by atoms with Gasteiger partial charge in [0.1, 0.15) is 5.52 Å². The highest BCUT2D eigenvalue weighted by Crippen LogP contribution is 2.57. The van der Waals surface area contributed by atoms with Gasteiger partial charge in [-0.1, -0.05) is 29.3 Å². The molecule has 29 heavy (non-hydrogen) atoms. The Labute approximate surface area is 178 Å². The number of hydrogen-bond acceptors (Lipinski definition) is 4. The van der Waals surface area contributed by atoms with Gasteiger partial charge in [0.05, 0.1) is 21.3 Å². The summed E-state index contributed by atoms with van der Waals surface area (Å²) in [6.45, 7) is 0. The SMILES string of the molecule is Cn1c(Nc2c(Cl)cccc2Cl)nc2cc(C(=O)NC3CCC4(CC4)C3)cnc21. The molecule has 3 aromatic rings. The summed E-state index contributed by atoms with van der Waals surface area (Å²) >= 11 is 12.5. The lowest BCUT2D eigenvalue weighted by atomic mass is 10.1. The first-order valence-electron chi connectivity index (χ1n) is 9.78. The Balaban J connectivity index is 1.38. The monoisotopic (exact) mass is 429 g/mol. The zero-order valence-electron chi connectivity index (χ0n) is 16.0. The highest BCUT2D eigenvalue weighted by atomic mass is 35.5. The number of halogens is 2. The summed E-state index contributed by atoms with van der Waals surface area (Å²) in [7, 11) is 1.85. The van der Waals surface area contributed by atoms with E-state index >= 15 is 0 Å². The van der Waals surface area contributed by atoms with Crippen LogP contribution >= 0.6 is 23.2 Å². The van der Waals surface area contributed by atoms with Gasteiger partial charge in [0.25, 0.3) is 5.91 Å². The third-order valence-electron chi connectivity index (χ3n) is 6.17. The fourth-order valence-electron chi connectivity index (χ4n) is 4.27. The van der Waals surface area contributed by atoms with Crippen LogP contribution in [0, 0.1) is 5.41 Å². The normalized spacial score (nSPS) is 19.6. The number of nitrogens with zero attached hydrogens (tertiary/aromatic N) is 3. The van der Waals surface area contributed by atoms with Crippen LogP contribution in [0.2, 0.25) is 10.0 Å². The van der Waals surface area contributed by atoms with Crippen molar-refractivity contribution in [3.8, 4) is 0 Å². The quantitative estimate of drug-likeness (QED) is 0.606. The van der Waals surface area contributed by atoms with Crippen molar-refractivity contribution in [2.24, 2.45) is 12.5 Å². The minimum atomic E-state index is -0.0867. The van der Waals surface area contributed by atoms with Crippen molar-refractivity contribution in [3.63, 3.8) is 0 Å². The lowest BCUT2D eigenvalue weighted by molar-refractivity contribution is 0.0936. The standard InChI is InChI=1S/C21H21Cl2N5O/c1-28-18-16(26-20(28)27-17-14(22)3-2-4-15(17)23)9-12(11-24-18)19(29)25-13-5-6-21(10-13)7-8-21/h2-4,9,11,13H,5-8,10H2,1H3,(H,25,29)(H,26,27). The molecule has 0 aliphatic heterocycles. The van der Waals surface area contributed by atoms with E-state index < -0.39 is 0 Å². The minimum absolute atomic E-state index is 0.0867. The van der Waals surface area contributed by atoms with Gasteiger partial charge in [-0.3, -0.25) is 9.36 Å². The second-order valence-corrected chi connectivity index (χ2v) is 9.01. The van der Waals surface area contributed by atoms with Crippen molar-refractivity contribution < 1.29 is 4.79 Å². The fraction of sp³-hybridized carbons (Fsp3) is 0.381. The molecule has 0 saturated heterocycles. The molecule has 8 heteroatoms. The number of fused-ring (bicyclic) bond motifs is 1. The van der Waals surface area contributed by atoms with Gasteiger partial charge in [-0.25, -0.2) is 9.97 Å². The molecule has 2 aliphatic rings. The number of para-hydroxylation sites is 1. The third kappa shape index (κ3) is 3.45. The molecular formula is C21H21Cl2N5O. The Morgan fingerprint density at radius 2 is 2.00 bits per heavy atom. The number of carbonyl (C=O) groups is 1. The lowest BCUT2D eigenvalue weighted by Gasteiger charge is -2.12. The number of hydrogen-bond donors (Lipinski definition) is 2. The van der Waals surface area contributed by atoms with Crippen molar-refractivity contribution in [2.75, 3.05) is 5.32 Å². The van der Waals surface area contributed by atoms with Gasteiger partial charge < -0.3 is 10.6 Å². The van der Waals surface area contributed by atoms with Crippen LogP contribution in [-0.4, -0.2) is 26.5 Å². The summed E-state index contributed by atoms with van der Waals surface area (Å²) in [5.74, 6) is 0.461. The smallest absolute Gasteiger partial charge is 0.253 e. The molecule has 1 spiro atoms. The van der Waals surface area contributed by atoms with Gasteiger partial charge in [-0.2, -0.15) is 0 Å². The highest BCUT2D eigenvalue weighted by Gasteiger charge is 2.48. The van der Waals surface area contributed by atoms with Crippen LogP contribution < -0.4 is 10.6 Å². The number of aryl methyl sites for hydroxylation is 1. The van der Waals surface area contributed by atoms with Gasteiger partial charge >= 0.3 is 0 Å². The average molecular weight is 430 g/mol. The molecule has 150 valence electrons. The number of imidazole rings is 1. The number of carbonyl (C=O) groups excluding carboxylic acids is 1. The van der Waals surface area contributed by atoms with Crippen molar-refractivity contribution in [3.05, 3.63) is 46.1 Å². The molecule has 1 unspecified atom stereocenters. The van der Waals surface area contributed by atoms with Crippen LogP contribution in [0.15, 0.2) is 30.5 Å². The summed E-state index contributed by atoms with van der Waals surface area (Å²) in [6.07, 6.45) is 7.63. The van der Waals surface area contributed by atoms with E-state index in [9.17, 15) is 4.79 Å². The Morgan fingerprint density at radius 3 is 2.69 bits per heavy atom. The van der Waals surface area contributed by atoms with E-state index in [1.807, 2.05) is 11.6 Å². The number of anilines is 2. The maximum absolute atomic E-state index is 12.7. The van der Waals surface area contributed by atoms with Gasteiger partial charge in [-0.05, 0) is 55.7 Å². The number of benzene rings is 1. The van der Waals surface area contributed by atoms with Gasteiger partial charge in [0, 0.05) is 19.3 Å². The first kappa shape index (κ1) is 18.7. The van der Waals surface area contributed by atoms with Gasteiger partial charge in [0.15, 0.2) is 5.65 Å². The molecule has 1 atom stereocenters. The van der Waals surface area contributed by atoms with E-state index in [0.717, 1.165) is 12.8 Å². The fourth-order valence-corrected chi connectivity index (χ4v) is 4.76. The van der Waals surface area contributed by atoms with Crippen LogP contribution in [0.25, 0.3) is 11.2 Å². The lowest BCUT2D eigenvalue weighted by Crippen LogP contribution is -2.33.